The summed E-state index contributed by atoms with van der Waals surface area (Å²) in [5, 5.41) is 0. The highest BCUT2D eigenvalue weighted by Crippen LogP contribution is 2.19. The second kappa shape index (κ2) is 10.5. The fourth-order valence-electron chi connectivity index (χ4n) is 2.59. The first-order valence-electron chi connectivity index (χ1n) is 8.30. The van der Waals surface area contributed by atoms with Crippen molar-refractivity contribution in [2.45, 2.75) is 71.3 Å². The minimum Gasteiger partial charge on any atom is -0.464 e. The Hall–Kier alpha value is -1.26. The third-order valence-electron chi connectivity index (χ3n) is 3.77. The Morgan fingerprint density at radius 3 is 2.48 bits per heavy atom. The van der Waals surface area contributed by atoms with Crippen LogP contribution in [0.1, 0.15) is 65.2 Å². The van der Waals surface area contributed by atoms with Crippen molar-refractivity contribution in [2.24, 2.45) is 0 Å². The molecule has 122 valence electrons. The number of carbonyl (C=O) groups excluding carboxylic acids is 2. The van der Waals surface area contributed by atoms with Gasteiger partial charge in [0.2, 0.25) is 0 Å². The molecule has 0 bridgehead atoms. The summed E-state index contributed by atoms with van der Waals surface area (Å²) in [6, 6.07) is -0.454. The topological polar surface area (TPSA) is 55.8 Å². The number of esters is 1. The van der Waals surface area contributed by atoms with Crippen molar-refractivity contribution >= 4 is 12.1 Å². The molecule has 1 saturated heterocycles. The zero-order valence-electron chi connectivity index (χ0n) is 13.4. The van der Waals surface area contributed by atoms with Gasteiger partial charge in [-0.05, 0) is 26.2 Å². The Morgan fingerprint density at radius 2 is 1.76 bits per heavy atom. The molecule has 1 aliphatic heterocycles. The molecule has 21 heavy (non-hydrogen) atoms. The first-order chi connectivity index (χ1) is 10.2. The lowest BCUT2D eigenvalue weighted by Gasteiger charge is -2.22. The number of amides is 1. The van der Waals surface area contributed by atoms with Crippen LogP contribution in [0.3, 0.4) is 0 Å². The van der Waals surface area contributed by atoms with Crippen LogP contribution in [0.2, 0.25) is 0 Å². The molecule has 0 aromatic carbocycles. The standard InChI is InChI=1S/C16H29NO4/c1-3-5-6-7-8-9-13-21-15(18)14-11-10-12-17(14)16(19)20-4-2/h14H,3-13H2,1-2H3. The molecule has 0 aromatic rings. The van der Waals surface area contributed by atoms with Crippen molar-refractivity contribution in [1.29, 1.82) is 0 Å². The van der Waals surface area contributed by atoms with Crippen molar-refractivity contribution < 1.29 is 19.1 Å². The number of hydrogen-bond acceptors (Lipinski definition) is 4. The molecule has 1 amide bonds. The van der Waals surface area contributed by atoms with Crippen LogP contribution in [0.25, 0.3) is 0 Å². The van der Waals surface area contributed by atoms with Gasteiger partial charge in [0.05, 0.1) is 13.2 Å². The molecule has 0 aromatic heterocycles. The number of unbranched alkanes of at least 4 members (excludes halogenated alkanes) is 5. The van der Waals surface area contributed by atoms with Crippen LogP contribution in [0.4, 0.5) is 4.79 Å². The number of nitrogens with zero attached hydrogens (tertiary/aromatic N) is 1. The maximum atomic E-state index is 12.0. The fraction of sp³-hybridized carbons (Fsp3) is 0.875. The van der Waals surface area contributed by atoms with Gasteiger partial charge >= 0.3 is 12.1 Å². The summed E-state index contributed by atoms with van der Waals surface area (Å²) in [5.74, 6) is -0.283. The number of carbonyl (C=O) groups is 2. The normalized spacial score (nSPS) is 17.8. The highest BCUT2D eigenvalue weighted by Gasteiger charge is 2.35. The molecule has 1 aliphatic rings. The van der Waals surface area contributed by atoms with E-state index in [0.717, 1.165) is 19.3 Å². The van der Waals surface area contributed by atoms with Crippen molar-refractivity contribution in [1.82, 2.24) is 4.90 Å². The minimum absolute atomic E-state index is 0.283. The van der Waals surface area contributed by atoms with Crippen molar-refractivity contribution in [2.75, 3.05) is 19.8 Å². The zero-order chi connectivity index (χ0) is 15.5. The molecule has 1 unspecified atom stereocenters. The maximum Gasteiger partial charge on any atom is 0.410 e. The van der Waals surface area contributed by atoms with Crippen molar-refractivity contribution in [3.63, 3.8) is 0 Å². The molecule has 0 N–H and O–H groups in total. The number of rotatable bonds is 9. The molecule has 1 heterocycles. The Balaban J connectivity index is 2.20. The second-order valence-corrected chi connectivity index (χ2v) is 5.49. The minimum atomic E-state index is -0.454. The van der Waals surface area contributed by atoms with E-state index in [1.165, 1.54) is 30.6 Å². The van der Waals surface area contributed by atoms with Gasteiger partial charge in [-0.2, -0.15) is 0 Å². The smallest absolute Gasteiger partial charge is 0.410 e. The van der Waals surface area contributed by atoms with Gasteiger partial charge in [-0.1, -0.05) is 39.0 Å². The third kappa shape index (κ3) is 6.36. The lowest BCUT2D eigenvalue weighted by Crippen LogP contribution is -2.41. The summed E-state index contributed by atoms with van der Waals surface area (Å²) in [6.07, 6.45) is 8.06. The van der Waals surface area contributed by atoms with Gasteiger partial charge in [-0.3, -0.25) is 4.90 Å². The largest absolute Gasteiger partial charge is 0.464 e. The van der Waals surface area contributed by atoms with Gasteiger partial charge < -0.3 is 9.47 Å². The fourth-order valence-corrected chi connectivity index (χ4v) is 2.59. The molecule has 0 aliphatic carbocycles. The summed E-state index contributed by atoms with van der Waals surface area (Å²) >= 11 is 0. The average Bonchev–Trinajstić information content (AvgIpc) is 2.96. The summed E-state index contributed by atoms with van der Waals surface area (Å²) in [4.78, 5) is 25.3. The lowest BCUT2D eigenvalue weighted by molar-refractivity contribution is -0.148. The van der Waals surface area contributed by atoms with E-state index in [2.05, 4.69) is 6.92 Å². The van der Waals surface area contributed by atoms with E-state index in [9.17, 15) is 9.59 Å². The SMILES string of the molecule is CCCCCCCCOC(=O)C1CCCN1C(=O)OCC. The third-order valence-corrected chi connectivity index (χ3v) is 3.77. The van der Waals surface area contributed by atoms with Gasteiger partial charge in [0.1, 0.15) is 6.04 Å². The van der Waals surface area contributed by atoms with Crippen molar-refractivity contribution in [3.8, 4) is 0 Å². The first-order valence-corrected chi connectivity index (χ1v) is 8.30. The van der Waals surface area contributed by atoms with Crippen LogP contribution in [-0.4, -0.2) is 42.8 Å². The highest BCUT2D eigenvalue weighted by molar-refractivity contribution is 5.82. The van der Waals surface area contributed by atoms with E-state index in [4.69, 9.17) is 9.47 Å². The predicted octanol–water partition coefficient (Wildman–Crippen LogP) is 3.51. The molecule has 5 heteroatoms. The van der Waals surface area contributed by atoms with Crippen LogP contribution in [0.5, 0.6) is 0 Å². The Bertz CT molecular complexity index is 319. The molecule has 1 rings (SSSR count). The molecule has 5 nitrogen and oxygen atoms in total. The molecule has 1 atom stereocenters. The van der Waals surface area contributed by atoms with Gasteiger partial charge in [0.15, 0.2) is 0 Å². The highest BCUT2D eigenvalue weighted by atomic mass is 16.6. The Labute approximate surface area is 128 Å². The molecular formula is C16H29NO4. The van der Waals surface area contributed by atoms with Gasteiger partial charge in [0, 0.05) is 6.54 Å². The van der Waals surface area contributed by atoms with E-state index in [0.29, 0.717) is 26.2 Å². The van der Waals surface area contributed by atoms with Crippen molar-refractivity contribution in [3.05, 3.63) is 0 Å². The van der Waals surface area contributed by atoms with Gasteiger partial charge in [0.25, 0.3) is 0 Å². The number of ether oxygens (including phenoxy) is 2. The monoisotopic (exact) mass is 299 g/mol. The van der Waals surface area contributed by atoms with E-state index in [1.807, 2.05) is 0 Å². The van der Waals surface area contributed by atoms with E-state index >= 15 is 0 Å². The summed E-state index contributed by atoms with van der Waals surface area (Å²) in [5.41, 5.74) is 0. The molecule has 0 radical (unpaired) electrons. The Morgan fingerprint density at radius 1 is 1.05 bits per heavy atom. The summed E-state index contributed by atoms with van der Waals surface area (Å²) in [6.45, 7) is 5.32. The number of hydrogen-bond donors (Lipinski definition) is 0. The van der Waals surface area contributed by atoms with E-state index in [1.54, 1.807) is 6.92 Å². The summed E-state index contributed by atoms with van der Waals surface area (Å²) in [7, 11) is 0. The van der Waals surface area contributed by atoms with E-state index < -0.39 is 12.1 Å². The molecule has 1 fully saturated rings. The molecule has 0 saturated carbocycles. The van der Waals surface area contributed by atoms with Crippen LogP contribution < -0.4 is 0 Å². The predicted molar refractivity (Wildman–Crippen MR) is 81.1 cm³/mol. The van der Waals surface area contributed by atoms with Gasteiger partial charge in [-0.15, -0.1) is 0 Å². The van der Waals surface area contributed by atoms with Crippen LogP contribution >= 0.6 is 0 Å². The summed E-state index contributed by atoms with van der Waals surface area (Å²) < 4.78 is 10.3. The number of likely N-dealkylation sites (tertiary alicyclic amines) is 1. The average molecular weight is 299 g/mol. The van der Waals surface area contributed by atoms with Crippen LogP contribution in [-0.2, 0) is 14.3 Å². The molecule has 0 spiro atoms. The lowest BCUT2D eigenvalue weighted by atomic mass is 10.1. The zero-order valence-corrected chi connectivity index (χ0v) is 13.4. The first kappa shape index (κ1) is 17.8. The second-order valence-electron chi connectivity index (χ2n) is 5.49. The molecular weight excluding hydrogens is 270 g/mol. The maximum absolute atomic E-state index is 12.0. The van der Waals surface area contributed by atoms with Crippen LogP contribution in [0.15, 0.2) is 0 Å². The van der Waals surface area contributed by atoms with Gasteiger partial charge in [-0.25, -0.2) is 9.59 Å². The van der Waals surface area contributed by atoms with Crippen LogP contribution in [0, 0.1) is 0 Å². The quantitative estimate of drug-likeness (QED) is 0.483. The van der Waals surface area contributed by atoms with E-state index in [-0.39, 0.29) is 5.97 Å². The Kier molecular flexibility index (Phi) is 8.87.